The number of benzene rings is 2. The maximum absolute atomic E-state index is 14.9. The first-order valence-corrected chi connectivity index (χ1v) is 33.0. The van der Waals surface area contributed by atoms with Crippen LogP contribution >= 0.6 is 22.7 Å². The number of nitrogens with one attached hydrogen (secondary N) is 9. The van der Waals surface area contributed by atoms with Crippen molar-refractivity contribution in [3.63, 3.8) is 0 Å². The number of carbonyl (C=O) groups excluding carboxylic acids is 7. The summed E-state index contributed by atoms with van der Waals surface area (Å²) in [5.41, 5.74) is 31.4. The number of anilines is 1. The van der Waals surface area contributed by atoms with Crippen molar-refractivity contribution >= 4 is 91.5 Å². The molecule has 0 aliphatic rings. The number of aliphatic hydroxyl groups excluding tert-OH is 1. The van der Waals surface area contributed by atoms with Gasteiger partial charge >= 0.3 is 0 Å². The molecule has 0 aliphatic carbocycles. The summed E-state index contributed by atoms with van der Waals surface area (Å²) < 4.78 is 12.4. The van der Waals surface area contributed by atoms with Gasteiger partial charge in [-0.25, -0.2) is 19.9 Å². The summed E-state index contributed by atoms with van der Waals surface area (Å²) in [7, 11) is -1.34. The third-order valence-electron chi connectivity index (χ3n) is 14.6. The van der Waals surface area contributed by atoms with Crippen LogP contribution in [0.1, 0.15) is 100.0 Å². The van der Waals surface area contributed by atoms with E-state index >= 15 is 0 Å². The van der Waals surface area contributed by atoms with E-state index in [4.69, 9.17) is 33.7 Å². The fourth-order valence-electron chi connectivity index (χ4n) is 9.40. The van der Waals surface area contributed by atoms with E-state index in [0.29, 0.717) is 52.0 Å². The lowest BCUT2D eigenvalue weighted by Gasteiger charge is -2.31. The van der Waals surface area contributed by atoms with Gasteiger partial charge in [-0.05, 0) is 95.4 Å². The average molecular weight is 1290 g/mol. The van der Waals surface area contributed by atoms with Crippen LogP contribution in [0.2, 0.25) is 0 Å². The Hall–Kier alpha value is -7.68. The van der Waals surface area contributed by atoms with Crippen molar-refractivity contribution < 1.29 is 42.9 Å². The summed E-state index contributed by atoms with van der Waals surface area (Å²) in [6.07, 6.45) is 5.34. The Bertz CT molecular complexity index is 3330. The van der Waals surface area contributed by atoms with E-state index in [1.807, 2.05) is 29.6 Å². The molecule has 0 saturated carbocycles. The molecule has 0 radical (unpaired) electrons. The quantitative estimate of drug-likeness (QED) is 0.0223. The van der Waals surface area contributed by atoms with Gasteiger partial charge in [-0.2, -0.15) is 0 Å². The summed E-state index contributed by atoms with van der Waals surface area (Å²) in [5.74, 6) is -6.23. The summed E-state index contributed by atoms with van der Waals surface area (Å²) in [6, 6.07) is 10.3. The number of hydrogen-bond donors (Lipinski definition) is 15. The molecule has 7 amide bonds. The Kier molecular flexibility index (Phi) is 28.6. The molecule has 2 aromatic carbocycles. The highest BCUT2D eigenvalue weighted by molar-refractivity contribution is 7.84. The van der Waals surface area contributed by atoms with Gasteiger partial charge in [0.15, 0.2) is 0 Å². The predicted octanol–water partition coefficient (Wildman–Crippen LogP) is -0.147. The fraction of sp³-hybridized carbons (Fsp3) is 0.475. The zero-order chi connectivity index (χ0) is 64.4. The Labute approximate surface area is 527 Å². The number of aromatic amines is 1. The zero-order valence-electron chi connectivity index (χ0n) is 50.3. The molecule has 1 unspecified atom stereocenters. The van der Waals surface area contributed by atoms with E-state index in [1.165, 1.54) is 42.8 Å². The van der Waals surface area contributed by atoms with Crippen molar-refractivity contribution in [2.45, 2.75) is 108 Å². The molecule has 0 spiro atoms. The molecular weight excluding hydrogens is 1200 g/mol. The van der Waals surface area contributed by atoms with Crippen molar-refractivity contribution in [3.8, 4) is 10.7 Å². The number of thiazole rings is 2. The molecule has 6 aromatic rings. The second-order valence-electron chi connectivity index (χ2n) is 21.5. The normalized spacial score (nSPS) is 14.1. The fourth-order valence-corrected chi connectivity index (χ4v) is 11.6. The van der Waals surface area contributed by atoms with Crippen LogP contribution in [0.4, 0.5) is 5.82 Å². The first-order chi connectivity index (χ1) is 42.7. The van der Waals surface area contributed by atoms with Gasteiger partial charge in [-0.15, -0.1) is 22.7 Å². The summed E-state index contributed by atoms with van der Waals surface area (Å²) >= 11 is 2.66. The van der Waals surface area contributed by atoms with Crippen LogP contribution in [0.3, 0.4) is 0 Å². The van der Waals surface area contributed by atoms with Crippen LogP contribution in [-0.2, 0) is 54.0 Å². The van der Waals surface area contributed by atoms with E-state index in [9.17, 15) is 42.9 Å². The number of rotatable bonds is 40. The standard InChI is InChI=1S/C59H84N18O9S3/c1-34-49(76-53(77-51(34)63)43(29-47(62)78)70-31-39(61)52(64)80)58(85)74-44(28-37-30-69-40-16-8-7-15-38(37)40)57(84)73-42(27-36-13-5-4-6-14-36)50(79)35(2)54(81)72-41(18-26-89(3)86)55(82)68-25-17-48-71-46(33-87-48)59-75-45(32-88-59)56(83)67-24-12-23-66-21-10-9-20-65-22-11-19-60/h4-8,13-16,30,32-33,35,39,41-44,50,65-66,69-70,79H,9-12,17-29,31,60-61H2,1-3H3,(H2,62,78)(H2,64,80)(H,67,83)(H,68,82)(H,72,81)(H,73,84)(H,74,85)(H2,63,76,77)/t35-,39-,41-,42+,43-,44-,50-,89?/m0/s1. The predicted molar refractivity (Wildman–Crippen MR) is 344 cm³/mol. The number of aliphatic hydroxyl groups is 1. The molecule has 30 heteroatoms. The monoisotopic (exact) mass is 1280 g/mol. The van der Waals surface area contributed by atoms with Crippen molar-refractivity contribution in [3.05, 3.63) is 110 Å². The topological polar surface area (TPSA) is 450 Å². The summed E-state index contributed by atoms with van der Waals surface area (Å²) in [5, 5.41) is 41.7. The average Bonchev–Trinajstić information content (AvgIpc) is 3.19. The van der Waals surface area contributed by atoms with E-state index in [1.54, 1.807) is 41.9 Å². The van der Waals surface area contributed by atoms with Crippen molar-refractivity contribution in [2.24, 2.45) is 28.9 Å². The first-order valence-electron chi connectivity index (χ1n) is 29.5. The minimum atomic E-state index is -1.59. The number of nitrogens with two attached hydrogens (primary N) is 5. The van der Waals surface area contributed by atoms with Crippen LogP contribution in [0.25, 0.3) is 21.6 Å². The van der Waals surface area contributed by atoms with Gasteiger partial charge in [0, 0.05) is 95.1 Å². The number of carbonyl (C=O) groups is 7. The SMILES string of the molecule is Cc1c(N)nc([C@H](CC(N)=O)NC[C@H](N)C(N)=O)nc1C(=O)N[C@@H](Cc1c[nH]c2ccccc12)C(=O)N[C@H](Cc1ccccc1)[C@@H](O)[C@H](C)C(=O)N[C@@H](CCS(C)=O)C(=O)NCCc1nc(-c2nc(C(=O)NCCCNCCCCNCCCN)cs2)cs1. The third kappa shape index (κ3) is 22.4. The maximum Gasteiger partial charge on any atom is 0.271 e. The highest BCUT2D eigenvalue weighted by Crippen LogP contribution is 2.27. The largest absolute Gasteiger partial charge is 0.390 e. The molecule has 27 nitrogen and oxygen atoms in total. The number of nitrogens with zero attached hydrogens (tertiary/aromatic N) is 4. The van der Waals surface area contributed by atoms with Gasteiger partial charge in [0.2, 0.25) is 29.5 Å². The Morgan fingerprint density at radius 1 is 0.753 bits per heavy atom. The van der Waals surface area contributed by atoms with Gasteiger partial charge in [0.1, 0.15) is 45.8 Å². The van der Waals surface area contributed by atoms with Gasteiger partial charge < -0.3 is 81.3 Å². The molecular formula is C59H84N18O9S3. The summed E-state index contributed by atoms with van der Waals surface area (Å²) in [6.45, 7) is 7.65. The highest BCUT2D eigenvalue weighted by Gasteiger charge is 2.36. The molecule has 89 heavy (non-hydrogen) atoms. The van der Waals surface area contributed by atoms with Crippen LogP contribution in [-0.4, -0.2) is 170 Å². The van der Waals surface area contributed by atoms with Crippen LogP contribution in [0.15, 0.2) is 71.6 Å². The van der Waals surface area contributed by atoms with Gasteiger partial charge in [0.25, 0.3) is 11.8 Å². The Balaban J connectivity index is 1.11. The van der Waals surface area contributed by atoms with Gasteiger partial charge in [-0.1, -0.05) is 55.5 Å². The smallest absolute Gasteiger partial charge is 0.271 e. The van der Waals surface area contributed by atoms with Crippen LogP contribution < -0.4 is 71.2 Å². The molecule has 0 saturated heterocycles. The molecule has 482 valence electrons. The molecule has 0 fully saturated rings. The number of hydrogen-bond acceptors (Lipinski definition) is 21. The number of aromatic nitrogens is 5. The number of para-hydroxylation sites is 1. The third-order valence-corrected chi connectivity index (χ3v) is 17.2. The van der Waals surface area contributed by atoms with Crippen molar-refractivity contribution in [1.82, 2.24) is 67.5 Å². The van der Waals surface area contributed by atoms with E-state index in [-0.39, 0.29) is 73.3 Å². The lowest BCUT2D eigenvalue weighted by atomic mass is 9.91. The Morgan fingerprint density at radius 3 is 2.17 bits per heavy atom. The van der Waals surface area contributed by atoms with Crippen molar-refractivity contribution in [2.75, 3.05) is 70.1 Å². The number of unbranched alkanes of at least 4 members (excludes halogenated alkanes) is 1. The number of nitrogen functional groups attached to an aromatic ring is 1. The van der Waals surface area contributed by atoms with Gasteiger partial charge in [0.05, 0.1) is 35.2 Å². The van der Waals surface area contributed by atoms with Crippen LogP contribution in [0, 0.1) is 12.8 Å². The zero-order valence-corrected chi connectivity index (χ0v) is 52.8. The molecule has 4 aromatic heterocycles. The minimum absolute atomic E-state index is 0.000498. The lowest BCUT2D eigenvalue weighted by Crippen LogP contribution is -2.57. The minimum Gasteiger partial charge on any atom is -0.390 e. The second-order valence-corrected chi connectivity index (χ2v) is 24.9. The van der Waals surface area contributed by atoms with E-state index in [0.717, 1.165) is 62.8 Å². The van der Waals surface area contributed by atoms with Gasteiger partial charge in [-0.3, -0.25) is 37.8 Å². The number of primary amides is 2. The molecule has 0 bridgehead atoms. The first kappa shape index (κ1) is 70.4. The van der Waals surface area contributed by atoms with E-state index in [2.05, 4.69) is 62.5 Å². The second kappa shape index (κ2) is 36.1. The Morgan fingerprint density at radius 2 is 1.46 bits per heavy atom. The van der Waals surface area contributed by atoms with Crippen molar-refractivity contribution in [1.29, 1.82) is 0 Å². The number of H-pyrrole nitrogens is 1. The maximum atomic E-state index is 14.9. The highest BCUT2D eigenvalue weighted by atomic mass is 32.2. The van der Waals surface area contributed by atoms with E-state index < -0.39 is 88.5 Å². The molecule has 8 atom stereocenters. The molecule has 6 rings (SSSR count). The molecule has 20 N–H and O–H groups in total. The number of amides is 7. The van der Waals surface area contributed by atoms with Crippen LogP contribution in [0.5, 0.6) is 0 Å². The molecule has 0 aliphatic heterocycles. The summed E-state index contributed by atoms with van der Waals surface area (Å²) in [4.78, 5) is 116. The molecule has 4 heterocycles. The lowest BCUT2D eigenvalue weighted by molar-refractivity contribution is -0.134. The number of fused-ring (bicyclic) bond motifs is 1.